The first-order chi connectivity index (χ1) is 8.12. The zero-order valence-corrected chi connectivity index (χ0v) is 10.5. The van der Waals surface area contributed by atoms with Crippen molar-refractivity contribution in [2.24, 2.45) is 0 Å². The molecule has 1 N–H and O–H groups in total. The van der Waals surface area contributed by atoms with Crippen molar-refractivity contribution in [3.05, 3.63) is 35.4 Å². The summed E-state index contributed by atoms with van der Waals surface area (Å²) in [6, 6.07) is 7.04. The molecule has 94 valence electrons. The number of hydrogen-bond acceptors (Lipinski definition) is 3. The Morgan fingerprint density at radius 1 is 1.06 bits per heavy atom. The van der Waals surface area contributed by atoms with Crippen LogP contribution in [0.3, 0.4) is 0 Å². The molecule has 0 saturated carbocycles. The van der Waals surface area contributed by atoms with Crippen molar-refractivity contribution in [2.45, 2.75) is 25.2 Å². The van der Waals surface area contributed by atoms with Gasteiger partial charge in [-0.1, -0.05) is 24.3 Å². The van der Waals surface area contributed by atoms with Crippen molar-refractivity contribution in [3.8, 4) is 0 Å². The van der Waals surface area contributed by atoms with Gasteiger partial charge in [-0.05, 0) is 24.0 Å². The van der Waals surface area contributed by atoms with Gasteiger partial charge in [0, 0.05) is 13.1 Å². The number of aliphatic hydroxyl groups excluding tert-OH is 1. The average Bonchev–Trinajstić information content (AvgIpc) is 2.84. The lowest BCUT2D eigenvalue weighted by molar-refractivity contribution is 0.282. The van der Waals surface area contributed by atoms with E-state index < -0.39 is 10.0 Å². The van der Waals surface area contributed by atoms with Crippen LogP contribution in [0.5, 0.6) is 0 Å². The Labute approximate surface area is 102 Å². The number of sulfonamides is 1. The zero-order valence-electron chi connectivity index (χ0n) is 9.67. The normalized spacial score (nSPS) is 17.5. The number of rotatable bonds is 4. The van der Waals surface area contributed by atoms with Crippen LogP contribution in [0.1, 0.15) is 24.0 Å². The Balaban J connectivity index is 2.08. The van der Waals surface area contributed by atoms with Gasteiger partial charge in [0.25, 0.3) is 0 Å². The quantitative estimate of drug-likeness (QED) is 0.876. The lowest BCUT2D eigenvalue weighted by Crippen LogP contribution is -2.29. The summed E-state index contributed by atoms with van der Waals surface area (Å²) in [6.45, 7) is 1.28. The summed E-state index contributed by atoms with van der Waals surface area (Å²) >= 11 is 0. The van der Waals surface area contributed by atoms with Crippen LogP contribution in [0.2, 0.25) is 0 Å². The molecule has 0 atom stereocenters. The lowest BCUT2D eigenvalue weighted by atomic mass is 10.2. The Kier molecular flexibility index (Phi) is 3.81. The second-order valence-electron chi connectivity index (χ2n) is 4.34. The standard InChI is InChI=1S/C12H17NO3S/c14-9-11-3-5-12(6-4-11)10-17(15,16)13-7-1-2-8-13/h3-6,14H,1-2,7-10H2. The van der Waals surface area contributed by atoms with Gasteiger partial charge >= 0.3 is 0 Å². The molecule has 0 aliphatic carbocycles. The SMILES string of the molecule is O=S(=O)(Cc1ccc(CO)cc1)N1CCCC1. The van der Waals surface area contributed by atoms with E-state index in [-0.39, 0.29) is 12.4 Å². The first kappa shape index (κ1) is 12.5. The van der Waals surface area contributed by atoms with Gasteiger partial charge in [0.1, 0.15) is 0 Å². The molecule has 0 unspecified atom stereocenters. The van der Waals surface area contributed by atoms with Crippen molar-refractivity contribution in [1.82, 2.24) is 4.31 Å². The topological polar surface area (TPSA) is 57.6 Å². The molecule has 0 bridgehead atoms. The summed E-state index contributed by atoms with van der Waals surface area (Å²) in [4.78, 5) is 0. The van der Waals surface area contributed by atoms with Gasteiger partial charge in [-0.15, -0.1) is 0 Å². The summed E-state index contributed by atoms with van der Waals surface area (Å²) in [5.74, 6) is 0.0543. The van der Waals surface area contributed by atoms with Crippen LogP contribution in [0.4, 0.5) is 0 Å². The van der Waals surface area contributed by atoms with Crippen LogP contribution in [0, 0.1) is 0 Å². The predicted octanol–water partition coefficient (Wildman–Crippen LogP) is 1.10. The minimum absolute atomic E-state index is 0.0147. The van der Waals surface area contributed by atoms with E-state index in [0.717, 1.165) is 24.0 Å². The Morgan fingerprint density at radius 3 is 2.12 bits per heavy atom. The predicted molar refractivity (Wildman–Crippen MR) is 65.8 cm³/mol. The molecule has 1 fully saturated rings. The number of aliphatic hydroxyl groups is 1. The third-order valence-electron chi connectivity index (χ3n) is 3.01. The molecule has 1 saturated heterocycles. The molecule has 4 nitrogen and oxygen atoms in total. The first-order valence-electron chi connectivity index (χ1n) is 5.78. The van der Waals surface area contributed by atoms with Crippen LogP contribution < -0.4 is 0 Å². The second kappa shape index (κ2) is 5.16. The summed E-state index contributed by atoms with van der Waals surface area (Å²) in [6.07, 6.45) is 1.92. The lowest BCUT2D eigenvalue weighted by Gasteiger charge is -2.15. The van der Waals surface area contributed by atoms with E-state index in [1.807, 2.05) is 0 Å². The van der Waals surface area contributed by atoms with E-state index in [0.29, 0.717) is 13.1 Å². The van der Waals surface area contributed by atoms with Crippen molar-refractivity contribution >= 4 is 10.0 Å². The fourth-order valence-corrected chi connectivity index (χ4v) is 3.62. The molecular weight excluding hydrogens is 238 g/mol. The zero-order chi connectivity index (χ0) is 12.3. The van der Waals surface area contributed by atoms with Crippen LogP contribution in [-0.2, 0) is 22.4 Å². The van der Waals surface area contributed by atoms with Crippen molar-refractivity contribution in [2.75, 3.05) is 13.1 Å². The van der Waals surface area contributed by atoms with Crippen LogP contribution in [-0.4, -0.2) is 30.9 Å². The van der Waals surface area contributed by atoms with Crippen molar-refractivity contribution in [3.63, 3.8) is 0 Å². The van der Waals surface area contributed by atoms with Gasteiger partial charge in [0.2, 0.25) is 10.0 Å². The molecule has 2 rings (SSSR count). The molecule has 0 aromatic heterocycles. The molecule has 0 radical (unpaired) electrons. The van der Waals surface area contributed by atoms with Crippen LogP contribution >= 0.6 is 0 Å². The van der Waals surface area contributed by atoms with Crippen molar-refractivity contribution in [1.29, 1.82) is 0 Å². The molecule has 0 amide bonds. The first-order valence-corrected chi connectivity index (χ1v) is 7.39. The third kappa shape index (κ3) is 3.06. The average molecular weight is 255 g/mol. The highest BCUT2D eigenvalue weighted by atomic mass is 32.2. The highest BCUT2D eigenvalue weighted by Crippen LogP contribution is 2.17. The maximum atomic E-state index is 12.0. The number of benzene rings is 1. The highest BCUT2D eigenvalue weighted by molar-refractivity contribution is 7.88. The molecule has 1 aliphatic heterocycles. The van der Waals surface area contributed by atoms with Gasteiger partial charge in [-0.3, -0.25) is 0 Å². The molecule has 1 aromatic rings. The van der Waals surface area contributed by atoms with E-state index in [1.54, 1.807) is 28.6 Å². The Hall–Kier alpha value is -0.910. The number of hydrogen-bond donors (Lipinski definition) is 1. The summed E-state index contributed by atoms with van der Waals surface area (Å²) < 4.78 is 25.6. The Morgan fingerprint density at radius 2 is 1.59 bits per heavy atom. The Bertz CT molecular complexity index is 461. The van der Waals surface area contributed by atoms with Crippen LogP contribution in [0.15, 0.2) is 24.3 Å². The van der Waals surface area contributed by atoms with Gasteiger partial charge in [0.05, 0.1) is 12.4 Å². The molecule has 17 heavy (non-hydrogen) atoms. The largest absolute Gasteiger partial charge is 0.392 e. The fourth-order valence-electron chi connectivity index (χ4n) is 2.01. The molecule has 1 aliphatic rings. The molecule has 1 heterocycles. The highest BCUT2D eigenvalue weighted by Gasteiger charge is 2.25. The van der Waals surface area contributed by atoms with Crippen LogP contribution in [0.25, 0.3) is 0 Å². The van der Waals surface area contributed by atoms with Gasteiger partial charge in [-0.2, -0.15) is 0 Å². The van der Waals surface area contributed by atoms with E-state index in [2.05, 4.69) is 0 Å². The summed E-state index contributed by atoms with van der Waals surface area (Å²) in [5.41, 5.74) is 1.57. The van der Waals surface area contributed by atoms with E-state index in [1.165, 1.54) is 0 Å². The molecule has 0 spiro atoms. The summed E-state index contributed by atoms with van der Waals surface area (Å²) in [7, 11) is -3.16. The fraction of sp³-hybridized carbons (Fsp3) is 0.500. The molecule has 5 heteroatoms. The second-order valence-corrected chi connectivity index (χ2v) is 6.31. The van der Waals surface area contributed by atoms with Gasteiger partial charge in [0.15, 0.2) is 0 Å². The third-order valence-corrected chi connectivity index (χ3v) is 4.86. The molecule has 1 aromatic carbocycles. The minimum atomic E-state index is -3.16. The van der Waals surface area contributed by atoms with E-state index in [9.17, 15) is 8.42 Å². The summed E-state index contributed by atoms with van der Waals surface area (Å²) in [5, 5.41) is 8.91. The minimum Gasteiger partial charge on any atom is -0.392 e. The maximum absolute atomic E-state index is 12.0. The maximum Gasteiger partial charge on any atom is 0.218 e. The monoisotopic (exact) mass is 255 g/mol. The molecular formula is C12H17NO3S. The smallest absolute Gasteiger partial charge is 0.218 e. The van der Waals surface area contributed by atoms with Crippen molar-refractivity contribution < 1.29 is 13.5 Å². The number of nitrogens with zero attached hydrogens (tertiary/aromatic N) is 1. The van der Waals surface area contributed by atoms with Gasteiger partial charge in [-0.25, -0.2) is 12.7 Å². The van der Waals surface area contributed by atoms with E-state index >= 15 is 0 Å². The van der Waals surface area contributed by atoms with E-state index in [4.69, 9.17) is 5.11 Å². The van der Waals surface area contributed by atoms with Gasteiger partial charge < -0.3 is 5.11 Å².